The first kappa shape index (κ1) is 11.9. The summed E-state index contributed by atoms with van der Waals surface area (Å²) in [5, 5.41) is 0. The quantitative estimate of drug-likeness (QED) is 0.263. The van der Waals surface area contributed by atoms with Crippen molar-refractivity contribution in [3.05, 3.63) is 0 Å². The molecule has 1 atom stereocenters. The number of hydrogen-bond acceptors (Lipinski definition) is 6. The largest absolute Gasteiger partial charge is 0.750 e. The van der Waals surface area contributed by atoms with Crippen LogP contribution in [-0.2, 0) is 25.0 Å². The van der Waals surface area contributed by atoms with Crippen molar-refractivity contribution in [2.75, 3.05) is 19.8 Å². The summed E-state index contributed by atoms with van der Waals surface area (Å²) in [5.74, 6) is 2.05. The lowest BCUT2D eigenvalue weighted by molar-refractivity contribution is 0.0546. The molecule has 0 saturated heterocycles. The standard InChI is InChI=1S/C6H8O6S/c1-2-3-10-6(7)11-4-5-12-13(8)9/h1H,3-5H2,(H,8,9)/p-1. The topological polar surface area (TPSA) is 84.9 Å². The third-order valence-corrected chi connectivity index (χ3v) is 1.12. The lowest BCUT2D eigenvalue weighted by Crippen LogP contribution is -2.12. The number of terminal acetylenes is 1. The molecule has 13 heavy (non-hydrogen) atoms. The van der Waals surface area contributed by atoms with Crippen LogP contribution in [0.15, 0.2) is 0 Å². The third kappa shape index (κ3) is 8.81. The first-order chi connectivity index (χ1) is 6.16. The van der Waals surface area contributed by atoms with Crippen LogP contribution >= 0.6 is 0 Å². The molecule has 0 aromatic carbocycles. The molecule has 74 valence electrons. The Kier molecular flexibility index (Phi) is 6.91. The van der Waals surface area contributed by atoms with E-state index in [1.54, 1.807) is 0 Å². The summed E-state index contributed by atoms with van der Waals surface area (Å²) in [6.07, 6.45) is 3.82. The fraction of sp³-hybridized carbons (Fsp3) is 0.500. The summed E-state index contributed by atoms with van der Waals surface area (Å²) >= 11 is -2.60. The van der Waals surface area contributed by atoms with Gasteiger partial charge in [-0.2, -0.15) is 0 Å². The summed E-state index contributed by atoms with van der Waals surface area (Å²) in [6.45, 7) is -0.647. The Morgan fingerprint density at radius 2 is 2.15 bits per heavy atom. The van der Waals surface area contributed by atoms with Gasteiger partial charge in [0.15, 0.2) is 6.61 Å². The van der Waals surface area contributed by atoms with Crippen LogP contribution in [0.3, 0.4) is 0 Å². The zero-order valence-corrected chi connectivity index (χ0v) is 7.37. The molecule has 0 aromatic rings. The average Bonchev–Trinajstić information content (AvgIpc) is 2.08. The van der Waals surface area contributed by atoms with Gasteiger partial charge in [-0.15, -0.1) is 6.42 Å². The van der Waals surface area contributed by atoms with Crippen molar-refractivity contribution in [1.82, 2.24) is 0 Å². The van der Waals surface area contributed by atoms with Crippen LogP contribution in [-0.4, -0.2) is 34.7 Å². The fourth-order valence-corrected chi connectivity index (χ4v) is 0.573. The van der Waals surface area contributed by atoms with Gasteiger partial charge in [0.1, 0.15) is 6.61 Å². The van der Waals surface area contributed by atoms with Crippen LogP contribution in [0.5, 0.6) is 0 Å². The van der Waals surface area contributed by atoms with E-state index in [1.807, 2.05) is 0 Å². The predicted molar refractivity (Wildman–Crippen MR) is 41.0 cm³/mol. The van der Waals surface area contributed by atoms with Gasteiger partial charge in [0.05, 0.1) is 18.0 Å². The first-order valence-corrected chi connectivity index (χ1v) is 4.12. The van der Waals surface area contributed by atoms with E-state index in [9.17, 15) is 13.6 Å². The molecule has 0 heterocycles. The van der Waals surface area contributed by atoms with Crippen molar-refractivity contribution in [3.63, 3.8) is 0 Å². The second-order valence-corrected chi connectivity index (χ2v) is 2.26. The zero-order chi connectivity index (χ0) is 10.1. The molecule has 0 aliphatic heterocycles. The maximum absolute atomic E-state index is 10.5. The summed E-state index contributed by atoms with van der Waals surface area (Å²) in [4.78, 5) is 10.5. The van der Waals surface area contributed by atoms with Gasteiger partial charge in [0.25, 0.3) is 0 Å². The van der Waals surface area contributed by atoms with Crippen LogP contribution in [0.2, 0.25) is 0 Å². The molecule has 6 nitrogen and oxygen atoms in total. The molecule has 0 bridgehead atoms. The highest BCUT2D eigenvalue weighted by molar-refractivity contribution is 7.74. The average molecular weight is 207 g/mol. The predicted octanol–water partition coefficient (Wildman–Crippen LogP) is -0.416. The van der Waals surface area contributed by atoms with Gasteiger partial charge in [0.2, 0.25) is 0 Å². The Morgan fingerprint density at radius 1 is 1.46 bits per heavy atom. The minimum absolute atomic E-state index is 0.187. The highest BCUT2D eigenvalue weighted by atomic mass is 32.2. The molecule has 0 aliphatic rings. The minimum Gasteiger partial charge on any atom is -0.750 e. The fourth-order valence-electron chi connectivity index (χ4n) is 0.369. The Bertz CT molecular complexity index is 220. The normalized spacial score (nSPS) is 11.4. The molecule has 0 rings (SSSR count). The molecule has 0 aliphatic carbocycles. The number of carbonyl (C=O) groups is 1. The number of rotatable bonds is 5. The van der Waals surface area contributed by atoms with Crippen LogP contribution in [0.4, 0.5) is 4.79 Å². The monoisotopic (exact) mass is 207 g/mol. The van der Waals surface area contributed by atoms with Crippen LogP contribution < -0.4 is 0 Å². The zero-order valence-electron chi connectivity index (χ0n) is 6.56. The van der Waals surface area contributed by atoms with Gasteiger partial charge in [-0.1, -0.05) is 5.92 Å². The van der Waals surface area contributed by atoms with Crippen LogP contribution in [0, 0.1) is 12.3 Å². The summed E-state index contributed by atoms with van der Waals surface area (Å²) < 4.78 is 32.3. The van der Waals surface area contributed by atoms with Gasteiger partial charge in [-0.25, -0.2) is 9.00 Å². The van der Waals surface area contributed by atoms with Crippen LogP contribution in [0.1, 0.15) is 0 Å². The Morgan fingerprint density at radius 3 is 2.69 bits per heavy atom. The second-order valence-electron chi connectivity index (χ2n) is 1.62. The van der Waals surface area contributed by atoms with Gasteiger partial charge < -0.3 is 14.0 Å². The smallest absolute Gasteiger partial charge is 0.509 e. The van der Waals surface area contributed by atoms with Crippen molar-refractivity contribution in [2.45, 2.75) is 0 Å². The molecule has 7 heteroatoms. The van der Waals surface area contributed by atoms with Gasteiger partial charge >= 0.3 is 6.16 Å². The maximum atomic E-state index is 10.5. The van der Waals surface area contributed by atoms with E-state index in [2.05, 4.69) is 19.6 Å². The highest BCUT2D eigenvalue weighted by Gasteiger charge is 2.01. The van der Waals surface area contributed by atoms with Crippen molar-refractivity contribution in [3.8, 4) is 12.3 Å². The summed E-state index contributed by atoms with van der Waals surface area (Å²) in [6, 6.07) is 0. The highest BCUT2D eigenvalue weighted by Crippen LogP contribution is 1.86. The van der Waals surface area contributed by atoms with Gasteiger partial charge in [-0.3, -0.25) is 4.18 Å². The lowest BCUT2D eigenvalue weighted by Gasteiger charge is -2.05. The van der Waals surface area contributed by atoms with E-state index in [0.29, 0.717) is 0 Å². The Balaban J connectivity index is 3.28. The van der Waals surface area contributed by atoms with E-state index in [4.69, 9.17) is 6.42 Å². The summed E-state index contributed by atoms with van der Waals surface area (Å²) in [7, 11) is 0. The molecular weight excluding hydrogens is 200 g/mol. The lowest BCUT2D eigenvalue weighted by atomic mass is 10.7. The molecule has 0 spiro atoms. The van der Waals surface area contributed by atoms with E-state index in [0.717, 1.165) is 0 Å². The SMILES string of the molecule is C#CCOC(=O)OCCOS(=O)[O-]. The molecule has 0 radical (unpaired) electrons. The number of hydrogen-bond donors (Lipinski definition) is 0. The Labute approximate surface area is 77.7 Å². The molecule has 0 fully saturated rings. The van der Waals surface area contributed by atoms with Crippen molar-refractivity contribution < 1.29 is 27.2 Å². The maximum Gasteiger partial charge on any atom is 0.509 e. The van der Waals surface area contributed by atoms with Crippen LogP contribution in [0.25, 0.3) is 0 Å². The molecule has 0 saturated carbocycles. The third-order valence-electron chi connectivity index (χ3n) is 0.756. The molecule has 0 aromatic heterocycles. The molecule has 0 N–H and O–H groups in total. The molecule has 0 amide bonds. The first-order valence-electron chi connectivity index (χ1n) is 3.12. The Hall–Kier alpha value is -1.10. The van der Waals surface area contributed by atoms with Gasteiger partial charge in [0, 0.05) is 0 Å². The number of carbonyl (C=O) groups excluding carboxylic acids is 1. The van der Waals surface area contributed by atoms with E-state index in [-0.39, 0.29) is 19.8 Å². The van der Waals surface area contributed by atoms with E-state index >= 15 is 0 Å². The van der Waals surface area contributed by atoms with E-state index in [1.165, 1.54) is 0 Å². The number of ether oxygens (including phenoxy) is 2. The second kappa shape index (κ2) is 7.54. The van der Waals surface area contributed by atoms with Gasteiger partial charge in [-0.05, 0) is 0 Å². The van der Waals surface area contributed by atoms with Crippen molar-refractivity contribution in [1.29, 1.82) is 0 Å². The molecular formula is C6H7O6S-. The minimum atomic E-state index is -2.60. The molecule has 1 unspecified atom stereocenters. The summed E-state index contributed by atoms with van der Waals surface area (Å²) in [5.41, 5.74) is 0. The van der Waals surface area contributed by atoms with E-state index < -0.39 is 17.5 Å². The van der Waals surface area contributed by atoms with Crippen molar-refractivity contribution in [2.24, 2.45) is 0 Å². The van der Waals surface area contributed by atoms with Crippen molar-refractivity contribution >= 4 is 17.5 Å².